The number of hydrogen-bond donors (Lipinski definition) is 2. The molecule has 2 amide bonds. The van der Waals surface area contributed by atoms with E-state index in [9.17, 15) is 14.0 Å². The number of nitrogens with zero attached hydrogens (tertiary/aromatic N) is 1. The number of carbonyl (C=O) groups is 2. The molecule has 1 fully saturated rings. The van der Waals surface area contributed by atoms with Crippen LogP contribution in [0.1, 0.15) is 31.7 Å². The van der Waals surface area contributed by atoms with E-state index < -0.39 is 40.4 Å². The highest BCUT2D eigenvalue weighted by Crippen LogP contribution is 2.48. The molecule has 0 saturated heterocycles. The molecule has 1 saturated carbocycles. The van der Waals surface area contributed by atoms with Crippen molar-refractivity contribution in [2.75, 3.05) is 17.7 Å². The highest BCUT2D eigenvalue weighted by Gasteiger charge is 2.56. The van der Waals surface area contributed by atoms with Gasteiger partial charge in [0, 0.05) is 35.1 Å². The molecule has 0 bridgehead atoms. The van der Waals surface area contributed by atoms with Gasteiger partial charge in [0.25, 0.3) is 0 Å². The minimum absolute atomic E-state index is 0.168. The van der Waals surface area contributed by atoms with Crippen LogP contribution in [0.2, 0.25) is 0 Å². The minimum Gasteiger partial charge on any atom is -0.496 e. The zero-order chi connectivity index (χ0) is 28.4. The molecule has 10 heteroatoms. The van der Waals surface area contributed by atoms with E-state index in [2.05, 4.69) is 15.6 Å². The van der Waals surface area contributed by atoms with Gasteiger partial charge < -0.3 is 20.1 Å². The molecule has 7 nitrogen and oxygen atoms in total. The van der Waals surface area contributed by atoms with Gasteiger partial charge in [0.2, 0.25) is 11.8 Å². The minimum atomic E-state index is -1.39. The van der Waals surface area contributed by atoms with Gasteiger partial charge in [0.15, 0.2) is 17.4 Å². The molecule has 1 aromatic heterocycles. The topological polar surface area (TPSA) is 89.5 Å². The number of anilines is 2. The van der Waals surface area contributed by atoms with E-state index in [-0.39, 0.29) is 24.3 Å². The molecular formula is C30H26F3N3O4. The summed E-state index contributed by atoms with van der Waals surface area (Å²) in [5, 5.41) is 5.53. The number of halogens is 3. The molecule has 5 rings (SSSR count). The van der Waals surface area contributed by atoms with Crippen molar-refractivity contribution in [3.05, 3.63) is 83.8 Å². The fourth-order valence-corrected chi connectivity index (χ4v) is 4.49. The number of ether oxygens (including phenoxy) is 2. The third kappa shape index (κ3) is 5.29. The lowest BCUT2D eigenvalue weighted by Gasteiger charge is -2.17. The lowest BCUT2D eigenvalue weighted by atomic mass is 10.0. The van der Waals surface area contributed by atoms with Gasteiger partial charge in [-0.1, -0.05) is 13.3 Å². The number of carbonyl (C=O) groups excluding carboxylic acids is 2. The van der Waals surface area contributed by atoms with Crippen LogP contribution in [0.25, 0.3) is 10.9 Å². The summed E-state index contributed by atoms with van der Waals surface area (Å²) < 4.78 is 54.4. The summed E-state index contributed by atoms with van der Waals surface area (Å²) in [6.45, 7) is 2.04. The fourth-order valence-electron chi connectivity index (χ4n) is 4.49. The first-order valence-corrected chi connectivity index (χ1v) is 12.7. The fraction of sp³-hybridized carbons (Fsp3) is 0.233. The van der Waals surface area contributed by atoms with Gasteiger partial charge in [-0.3, -0.25) is 14.6 Å². The van der Waals surface area contributed by atoms with E-state index in [1.54, 1.807) is 13.2 Å². The van der Waals surface area contributed by atoms with Gasteiger partial charge in [-0.25, -0.2) is 13.2 Å². The summed E-state index contributed by atoms with van der Waals surface area (Å²) in [6, 6.07) is 12.0. The maximum Gasteiger partial charge on any atom is 0.240 e. The number of hydrogen-bond acceptors (Lipinski definition) is 5. The summed E-state index contributed by atoms with van der Waals surface area (Å²) in [6.07, 6.45) is 3.68. The Morgan fingerprint density at radius 2 is 1.55 bits per heavy atom. The average molecular weight is 550 g/mol. The molecule has 0 atom stereocenters. The number of methoxy groups -OCH3 is 1. The number of nitrogens with one attached hydrogen (secondary N) is 2. The highest BCUT2D eigenvalue weighted by molar-refractivity contribution is 6.16. The van der Waals surface area contributed by atoms with Crippen LogP contribution in [0, 0.1) is 22.9 Å². The normalized spacial score (nSPS) is 13.5. The zero-order valence-electron chi connectivity index (χ0n) is 21.8. The largest absolute Gasteiger partial charge is 0.496 e. The lowest BCUT2D eigenvalue weighted by Crippen LogP contribution is -2.35. The first-order valence-electron chi connectivity index (χ1n) is 12.7. The number of rotatable bonds is 9. The van der Waals surface area contributed by atoms with Crippen molar-refractivity contribution < 1.29 is 32.2 Å². The summed E-state index contributed by atoms with van der Waals surface area (Å²) >= 11 is 0. The van der Waals surface area contributed by atoms with Crippen molar-refractivity contribution in [2.24, 2.45) is 5.41 Å². The quantitative estimate of drug-likeness (QED) is 0.225. The Bertz CT molecular complexity index is 1580. The van der Waals surface area contributed by atoms with E-state index in [0.717, 1.165) is 30.5 Å². The molecule has 0 spiro atoms. The number of benzene rings is 3. The van der Waals surface area contributed by atoms with Gasteiger partial charge in [0.1, 0.15) is 22.7 Å². The summed E-state index contributed by atoms with van der Waals surface area (Å²) in [5.41, 5.74) is 0.312. The number of aromatic nitrogens is 1. The lowest BCUT2D eigenvalue weighted by molar-refractivity contribution is -0.131. The Balaban J connectivity index is 1.35. The highest BCUT2D eigenvalue weighted by atomic mass is 19.1. The third-order valence-corrected chi connectivity index (χ3v) is 6.81. The van der Waals surface area contributed by atoms with Crippen LogP contribution in [0.4, 0.5) is 24.5 Å². The Morgan fingerprint density at radius 3 is 2.15 bits per heavy atom. The van der Waals surface area contributed by atoms with Crippen LogP contribution in [-0.4, -0.2) is 23.9 Å². The first-order chi connectivity index (χ1) is 19.2. The summed E-state index contributed by atoms with van der Waals surface area (Å²) in [4.78, 5) is 30.0. The molecular weight excluding hydrogens is 523 g/mol. The van der Waals surface area contributed by atoms with E-state index in [1.165, 1.54) is 36.5 Å². The predicted octanol–water partition coefficient (Wildman–Crippen LogP) is 6.76. The SMILES string of the molecule is CCCc1cc2nccc(Oc3c(F)cc(NC(=O)C4(C(=O)Nc5ccc(F)cc5)CC4)cc3F)c2cc1OC. The number of amides is 2. The van der Waals surface area contributed by atoms with Crippen LogP contribution in [0.15, 0.2) is 60.8 Å². The van der Waals surface area contributed by atoms with Crippen molar-refractivity contribution in [1.29, 1.82) is 0 Å². The standard InChI is InChI=1S/C30H26F3N3O4/c1-3-4-17-13-24-21(16-26(17)39-2)25(9-12-34-24)40-27-22(32)14-20(15-23(27)33)36-29(38)30(10-11-30)28(37)35-19-7-5-18(31)6-8-19/h5-9,12-16H,3-4,10-11H2,1-2H3,(H,35,37)(H,36,38). The molecule has 206 valence electrons. The van der Waals surface area contributed by atoms with E-state index in [1.807, 2.05) is 13.0 Å². The molecule has 1 heterocycles. The average Bonchev–Trinajstić information content (AvgIpc) is 3.74. The van der Waals surface area contributed by atoms with Gasteiger partial charge in [-0.05, 0) is 67.3 Å². The van der Waals surface area contributed by atoms with Gasteiger partial charge in [-0.15, -0.1) is 0 Å². The smallest absolute Gasteiger partial charge is 0.240 e. The molecule has 1 aliphatic carbocycles. The van der Waals surface area contributed by atoms with Crippen molar-refractivity contribution in [2.45, 2.75) is 32.6 Å². The maximum absolute atomic E-state index is 15.1. The number of pyridine rings is 1. The molecule has 2 N–H and O–H groups in total. The summed E-state index contributed by atoms with van der Waals surface area (Å²) in [5.74, 6) is -3.71. The molecule has 40 heavy (non-hydrogen) atoms. The zero-order valence-corrected chi connectivity index (χ0v) is 21.8. The van der Waals surface area contributed by atoms with Crippen LogP contribution in [0.3, 0.4) is 0 Å². The van der Waals surface area contributed by atoms with E-state index >= 15 is 8.78 Å². The van der Waals surface area contributed by atoms with Crippen molar-refractivity contribution in [3.63, 3.8) is 0 Å². The second-order valence-electron chi connectivity index (χ2n) is 9.61. The molecule has 3 aromatic carbocycles. The predicted molar refractivity (Wildman–Crippen MR) is 144 cm³/mol. The second kappa shape index (κ2) is 10.9. The van der Waals surface area contributed by atoms with E-state index in [4.69, 9.17) is 9.47 Å². The van der Waals surface area contributed by atoms with Crippen molar-refractivity contribution in [1.82, 2.24) is 4.98 Å². The monoisotopic (exact) mass is 549 g/mol. The van der Waals surface area contributed by atoms with Crippen LogP contribution in [-0.2, 0) is 16.0 Å². The molecule has 0 radical (unpaired) electrons. The third-order valence-electron chi connectivity index (χ3n) is 6.81. The second-order valence-corrected chi connectivity index (χ2v) is 9.61. The van der Waals surface area contributed by atoms with Crippen molar-refractivity contribution >= 4 is 34.1 Å². The Hall–Kier alpha value is -4.60. The van der Waals surface area contributed by atoms with Crippen LogP contribution < -0.4 is 20.1 Å². The first kappa shape index (κ1) is 27.0. The maximum atomic E-state index is 15.1. The molecule has 1 aliphatic rings. The van der Waals surface area contributed by atoms with Gasteiger partial charge in [0.05, 0.1) is 12.6 Å². The summed E-state index contributed by atoms with van der Waals surface area (Å²) in [7, 11) is 1.54. The Morgan fingerprint density at radius 1 is 0.900 bits per heavy atom. The molecule has 4 aromatic rings. The molecule has 0 unspecified atom stereocenters. The molecule has 0 aliphatic heterocycles. The Labute approximate surface area is 228 Å². The van der Waals surface area contributed by atoms with Gasteiger partial charge >= 0.3 is 0 Å². The van der Waals surface area contributed by atoms with Crippen LogP contribution >= 0.6 is 0 Å². The van der Waals surface area contributed by atoms with Crippen LogP contribution in [0.5, 0.6) is 17.2 Å². The Kier molecular flexibility index (Phi) is 7.34. The van der Waals surface area contributed by atoms with Gasteiger partial charge in [-0.2, -0.15) is 0 Å². The number of aryl methyl sites for hydroxylation is 1. The number of fused-ring (bicyclic) bond motifs is 1. The van der Waals surface area contributed by atoms with Crippen molar-refractivity contribution in [3.8, 4) is 17.2 Å². The van der Waals surface area contributed by atoms with E-state index in [0.29, 0.717) is 22.3 Å².